The molecule has 2 aromatic carbocycles. The number of amides is 4. The van der Waals surface area contributed by atoms with E-state index in [0.717, 1.165) is 15.8 Å². The minimum atomic E-state index is -0.810. The van der Waals surface area contributed by atoms with Crippen LogP contribution < -0.4 is 10.2 Å². The van der Waals surface area contributed by atoms with Crippen molar-refractivity contribution in [3.8, 4) is 0 Å². The summed E-state index contributed by atoms with van der Waals surface area (Å²) in [6.45, 7) is 3.24. The number of hydrogen-bond acceptors (Lipinski definition) is 4. The summed E-state index contributed by atoms with van der Waals surface area (Å²) in [4.78, 5) is 50.9. The highest BCUT2D eigenvalue weighted by atomic mass is 16.2. The number of aromatic nitrogens is 1. The molecule has 4 rings (SSSR count). The number of urea groups is 1. The number of rotatable bonds is 2. The van der Waals surface area contributed by atoms with E-state index in [1.807, 2.05) is 25.1 Å². The molecule has 7 heteroatoms. The predicted molar refractivity (Wildman–Crippen MR) is 108 cm³/mol. The van der Waals surface area contributed by atoms with Gasteiger partial charge in [-0.25, -0.2) is 9.69 Å². The minimum Gasteiger partial charge on any atom is -0.281 e. The van der Waals surface area contributed by atoms with Gasteiger partial charge in [0.15, 0.2) is 0 Å². The van der Waals surface area contributed by atoms with Crippen LogP contribution in [0.15, 0.2) is 60.2 Å². The summed E-state index contributed by atoms with van der Waals surface area (Å²) < 4.78 is 1.43. The second-order valence-corrected chi connectivity index (χ2v) is 6.78. The van der Waals surface area contributed by atoms with Crippen LogP contribution in [0.4, 0.5) is 10.5 Å². The van der Waals surface area contributed by atoms with Crippen molar-refractivity contribution >= 4 is 46.4 Å². The molecule has 1 aliphatic rings. The van der Waals surface area contributed by atoms with E-state index < -0.39 is 17.8 Å². The average molecular weight is 387 g/mol. The molecule has 1 fully saturated rings. The molecule has 1 aliphatic heterocycles. The van der Waals surface area contributed by atoms with Crippen molar-refractivity contribution in [2.75, 3.05) is 4.90 Å². The molecule has 0 saturated carbocycles. The van der Waals surface area contributed by atoms with Gasteiger partial charge in [0, 0.05) is 12.3 Å². The Bertz CT molecular complexity index is 1240. The van der Waals surface area contributed by atoms with Gasteiger partial charge in [-0.1, -0.05) is 30.3 Å². The van der Waals surface area contributed by atoms with Crippen LogP contribution in [0.25, 0.3) is 17.0 Å². The van der Waals surface area contributed by atoms with E-state index in [1.165, 1.54) is 17.6 Å². The third kappa shape index (κ3) is 3.12. The first-order valence-corrected chi connectivity index (χ1v) is 8.96. The number of fused-ring (bicyclic) bond motifs is 1. The second kappa shape index (κ2) is 6.87. The summed E-state index contributed by atoms with van der Waals surface area (Å²) in [5.41, 5.74) is 2.05. The molecule has 4 amide bonds. The summed E-state index contributed by atoms with van der Waals surface area (Å²) in [5.74, 6) is -1.80. The molecule has 0 bridgehead atoms. The van der Waals surface area contributed by atoms with Gasteiger partial charge in [0.1, 0.15) is 5.57 Å². The zero-order valence-electron chi connectivity index (χ0n) is 15.8. The Balaban J connectivity index is 1.85. The van der Waals surface area contributed by atoms with Crippen molar-refractivity contribution in [1.82, 2.24) is 9.88 Å². The fourth-order valence-corrected chi connectivity index (χ4v) is 3.44. The quantitative estimate of drug-likeness (QED) is 0.540. The van der Waals surface area contributed by atoms with Gasteiger partial charge >= 0.3 is 6.03 Å². The number of carbonyl (C=O) groups is 4. The largest absolute Gasteiger partial charge is 0.335 e. The van der Waals surface area contributed by atoms with E-state index in [0.29, 0.717) is 16.9 Å². The molecule has 144 valence electrons. The number of nitrogens with one attached hydrogen (secondary N) is 1. The number of anilines is 1. The van der Waals surface area contributed by atoms with Crippen LogP contribution in [0.5, 0.6) is 0 Å². The van der Waals surface area contributed by atoms with E-state index in [9.17, 15) is 19.2 Å². The zero-order valence-corrected chi connectivity index (χ0v) is 15.8. The summed E-state index contributed by atoms with van der Waals surface area (Å²) in [6.07, 6.45) is 1.34. The van der Waals surface area contributed by atoms with Crippen molar-refractivity contribution in [2.24, 2.45) is 0 Å². The van der Waals surface area contributed by atoms with Crippen LogP contribution in [0, 0.1) is 6.92 Å². The molecule has 7 nitrogen and oxygen atoms in total. The van der Waals surface area contributed by atoms with Gasteiger partial charge in [0.2, 0.25) is 5.91 Å². The van der Waals surface area contributed by atoms with Crippen molar-refractivity contribution in [3.63, 3.8) is 0 Å². The number of aryl methyl sites for hydroxylation is 1. The highest BCUT2D eigenvalue weighted by Crippen LogP contribution is 2.25. The molecule has 1 saturated heterocycles. The molecule has 0 spiro atoms. The Kier molecular flexibility index (Phi) is 4.35. The van der Waals surface area contributed by atoms with Gasteiger partial charge in [0.05, 0.1) is 16.9 Å². The predicted octanol–water partition coefficient (Wildman–Crippen LogP) is 3.28. The normalized spacial score (nSPS) is 15.9. The third-order valence-corrected chi connectivity index (χ3v) is 4.71. The number of nitrogens with zero attached hydrogens (tertiary/aromatic N) is 2. The topological polar surface area (TPSA) is 88.5 Å². The fraction of sp³-hybridized carbons (Fsp3) is 0.0909. The second-order valence-electron chi connectivity index (χ2n) is 6.78. The van der Waals surface area contributed by atoms with Gasteiger partial charge in [-0.15, -0.1) is 0 Å². The Morgan fingerprint density at radius 1 is 1.00 bits per heavy atom. The molecule has 0 atom stereocenters. The third-order valence-electron chi connectivity index (χ3n) is 4.71. The van der Waals surface area contributed by atoms with E-state index in [4.69, 9.17) is 0 Å². The lowest BCUT2D eigenvalue weighted by atomic mass is 10.1. The summed E-state index contributed by atoms with van der Waals surface area (Å²) >= 11 is 0. The summed E-state index contributed by atoms with van der Waals surface area (Å²) in [5, 5.41) is 2.99. The molecule has 0 unspecified atom stereocenters. The maximum Gasteiger partial charge on any atom is 0.335 e. The fourth-order valence-electron chi connectivity index (χ4n) is 3.44. The number of barbiturate groups is 1. The zero-order chi connectivity index (χ0) is 20.7. The maximum absolute atomic E-state index is 13.0. The van der Waals surface area contributed by atoms with E-state index in [2.05, 4.69) is 5.32 Å². The van der Waals surface area contributed by atoms with Crippen LogP contribution in [0.2, 0.25) is 0 Å². The molecular weight excluding hydrogens is 370 g/mol. The monoisotopic (exact) mass is 387 g/mol. The first-order valence-electron chi connectivity index (χ1n) is 8.96. The summed E-state index contributed by atoms with van der Waals surface area (Å²) in [7, 11) is 0. The Morgan fingerprint density at radius 2 is 1.76 bits per heavy atom. The van der Waals surface area contributed by atoms with Gasteiger partial charge in [0.25, 0.3) is 11.8 Å². The summed E-state index contributed by atoms with van der Waals surface area (Å²) in [6, 6.07) is 15.0. The molecule has 1 aromatic heterocycles. The molecule has 0 aliphatic carbocycles. The van der Waals surface area contributed by atoms with Gasteiger partial charge < -0.3 is 0 Å². The highest BCUT2D eigenvalue weighted by Gasteiger charge is 2.37. The van der Waals surface area contributed by atoms with E-state index in [1.54, 1.807) is 36.4 Å². The van der Waals surface area contributed by atoms with Gasteiger partial charge in [-0.3, -0.25) is 24.3 Å². The molecule has 29 heavy (non-hydrogen) atoms. The first kappa shape index (κ1) is 18.4. The molecule has 1 N–H and O–H groups in total. The number of hydrogen-bond donors (Lipinski definition) is 1. The van der Waals surface area contributed by atoms with Gasteiger partial charge in [-0.2, -0.15) is 0 Å². The van der Waals surface area contributed by atoms with Crippen molar-refractivity contribution < 1.29 is 19.2 Å². The van der Waals surface area contributed by atoms with Crippen molar-refractivity contribution in [1.29, 1.82) is 0 Å². The number of benzene rings is 2. The Hall–Kier alpha value is -4.00. The molecule has 3 aromatic rings. The lowest BCUT2D eigenvalue weighted by Crippen LogP contribution is -2.54. The number of para-hydroxylation sites is 1. The SMILES string of the molecule is CC(=O)n1c(C=C2C(=O)NC(=O)N(c3cccc(C)c3)C2=O)cc2ccccc21. The first-order chi connectivity index (χ1) is 13.9. The van der Waals surface area contributed by atoms with Crippen LogP contribution in [-0.4, -0.2) is 28.3 Å². The Labute approximate surface area is 166 Å². The Morgan fingerprint density at radius 3 is 2.48 bits per heavy atom. The van der Waals surface area contributed by atoms with Crippen LogP contribution in [0.3, 0.4) is 0 Å². The lowest BCUT2D eigenvalue weighted by molar-refractivity contribution is -0.122. The average Bonchev–Trinajstić information content (AvgIpc) is 3.03. The smallest absolute Gasteiger partial charge is 0.281 e. The van der Waals surface area contributed by atoms with Crippen LogP contribution in [0.1, 0.15) is 23.0 Å². The van der Waals surface area contributed by atoms with E-state index >= 15 is 0 Å². The number of carbonyl (C=O) groups excluding carboxylic acids is 4. The highest BCUT2D eigenvalue weighted by molar-refractivity contribution is 6.39. The minimum absolute atomic E-state index is 0.226. The molecule has 2 heterocycles. The van der Waals surface area contributed by atoms with Crippen LogP contribution in [-0.2, 0) is 9.59 Å². The molecular formula is C22H17N3O4. The lowest BCUT2D eigenvalue weighted by Gasteiger charge is -2.26. The number of imide groups is 2. The van der Waals surface area contributed by atoms with Crippen molar-refractivity contribution in [2.45, 2.75) is 13.8 Å². The van der Waals surface area contributed by atoms with Gasteiger partial charge in [-0.05, 0) is 42.8 Å². The van der Waals surface area contributed by atoms with Crippen LogP contribution >= 0.6 is 0 Å². The van der Waals surface area contributed by atoms with Crippen molar-refractivity contribution in [3.05, 3.63) is 71.4 Å². The molecule has 0 radical (unpaired) electrons. The standard InChI is InChI=1S/C22H17N3O4/c1-13-6-5-8-16(10-13)25-21(28)18(20(27)23-22(25)29)12-17-11-15-7-3-4-9-19(15)24(17)14(2)26/h3-12H,1-2H3,(H,23,27,29). The maximum atomic E-state index is 13.0. The van der Waals surface area contributed by atoms with E-state index in [-0.39, 0.29) is 11.5 Å².